The Balaban J connectivity index is 2.14. The Kier molecular flexibility index (Phi) is 8.65. The summed E-state index contributed by atoms with van der Waals surface area (Å²) in [7, 11) is -10.6. The van der Waals surface area contributed by atoms with Crippen LogP contribution in [0.4, 0.5) is 5.69 Å². The monoisotopic (exact) mass is 574 g/mol. The molecule has 0 saturated heterocycles. The van der Waals surface area contributed by atoms with Gasteiger partial charge in [0, 0.05) is 5.54 Å². The van der Waals surface area contributed by atoms with Gasteiger partial charge in [-0.05, 0) is 53.9 Å². The third-order valence-electron chi connectivity index (χ3n) is 5.94. The molecule has 2 N–H and O–H groups in total. The summed E-state index contributed by atoms with van der Waals surface area (Å²) in [6.45, 7) is 11.8. The highest BCUT2D eigenvalue weighted by Crippen LogP contribution is 2.37. The first-order chi connectivity index (χ1) is 17.4. The van der Waals surface area contributed by atoms with E-state index in [0.29, 0.717) is 5.56 Å². The molecular weight excluding hydrogens is 537 g/mol. The van der Waals surface area contributed by atoms with E-state index in [4.69, 9.17) is 4.43 Å². The number of anilines is 1. The molecule has 0 amide bonds. The van der Waals surface area contributed by atoms with Crippen molar-refractivity contribution in [3.05, 3.63) is 84.4 Å². The SMILES string of the molecule is CC(C)(C)NS(=O)(=O)c1cc(CO[Si](c2ccccc2)(c2ccccc2)C(C)(C)C)ccc1NS(C)(=O)=O. The number of nitrogens with one attached hydrogen (secondary N) is 2. The predicted molar refractivity (Wildman–Crippen MR) is 157 cm³/mol. The maximum Gasteiger partial charge on any atom is 0.261 e. The van der Waals surface area contributed by atoms with Gasteiger partial charge in [-0.1, -0.05) is 87.5 Å². The van der Waals surface area contributed by atoms with Crippen LogP contribution in [0.15, 0.2) is 83.8 Å². The van der Waals surface area contributed by atoms with Crippen LogP contribution in [-0.2, 0) is 31.1 Å². The Labute approximate surface area is 228 Å². The zero-order valence-corrected chi connectivity index (χ0v) is 25.7. The molecule has 0 aromatic heterocycles. The quantitative estimate of drug-likeness (QED) is 0.373. The van der Waals surface area contributed by atoms with Crippen LogP contribution in [0, 0.1) is 0 Å². The van der Waals surface area contributed by atoms with Crippen molar-refractivity contribution < 1.29 is 21.3 Å². The molecule has 10 heteroatoms. The Morgan fingerprint density at radius 3 is 1.68 bits per heavy atom. The van der Waals surface area contributed by atoms with Crippen LogP contribution in [-0.4, -0.2) is 36.9 Å². The molecule has 0 atom stereocenters. The first-order valence-corrected chi connectivity index (χ1v) is 17.6. The summed E-state index contributed by atoms with van der Waals surface area (Å²) in [5, 5.41) is 1.96. The topological polar surface area (TPSA) is 102 Å². The van der Waals surface area contributed by atoms with E-state index < -0.39 is 33.9 Å². The fourth-order valence-corrected chi connectivity index (χ4v) is 11.4. The lowest BCUT2D eigenvalue weighted by atomic mass is 10.1. The highest BCUT2D eigenvalue weighted by atomic mass is 32.2. The summed E-state index contributed by atoms with van der Waals surface area (Å²) < 4.78 is 62.5. The van der Waals surface area contributed by atoms with Gasteiger partial charge in [0.2, 0.25) is 20.0 Å². The highest BCUT2D eigenvalue weighted by molar-refractivity contribution is 7.92. The van der Waals surface area contributed by atoms with Crippen LogP contribution < -0.4 is 19.8 Å². The van der Waals surface area contributed by atoms with E-state index in [1.54, 1.807) is 26.8 Å². The lowest BCUT2D eigenvalue weighted by molar-refractivity contribution is 0.286. The molecule has 0 spiro atoms. The zero-order chi connectivity index (χ0) is 28.4. The van der Waals surface area contributed by atoms with E-state index in [2.05, 4.69) is 54.5 Å². The maximum absolute atomic E-state index is 13.3. The van der Waals surface area contributed by atoms with Gasteiger partial charge < -0.3 is 4.43 Å². The van der Waals surface area contributed by atoms with Gasteiger partial charge >= 0.3 is 0 Å². The Hall–Kier alpha value is -2.50. The molecule has 3 aromatic rings. The second-order valence-electron chi connectivity index (χ2n) is 11.5. The summed E-state index contributed by atoms with van der Waals surface area (Å²) in [5.74, 6) is 0. The van der Waals surface area contributed by atoms with Crippen molar-refractivity contribution in [2.45, 2.75) is 63.6 Å². The Bertz CT molecular complexity index is 1420. The van der Waals surface area contributed by atoms with Gasteiger partial charge in [0.25, 0.3) is 8.32 Å². The number of hydrogen-bond acceptors (Lipinski definition) is 5. The summed E-state index contributed by atoms with van der Waals surface area (Å²) in [6, 6.07) is 25.0. The molecular formula is C28H38N2O5S2Si. The van der Waals surface area contributed by atoms with Gasteiger partial charge in [-0.2, -0.15) is 0 Å². The van der Waals surface area contributed by atoms with E-state index >= 15 is 0 Å². The normalized spacial score (nSPS) is 13.3. The molecule has 0 fully saturated rings. The van der Waals surface area contributed by atoms with Gasteiger partial charge in [0.15, 0.2) is 0 Å². The van der Waals surface area contributed by atoms with Gasteiger partial charge in [-0.15, -0.1) is 0 Å². The van der Waals surface area contributed by atoms with Crippen molar-refractivity contribution >= 4 is 44.4 Å². The van der Waals surface area contributed by atoms with Gasteiger partial charge in [-0.3, -0.25) is 4.72 Å². The van der Waals surface area contributed by atoms with Crippen molar-refractivity contribution in [1.82, 2.24) is 4.72 Å². The standard InChI is InChI=1S/C28H38N2O5S2Si/c1-27(2,3)30-37(33,34)26-20-22(18-19-25(26)29-36(7,31)32)21-35-38(28(4,5)6,23-14-10-8-11-15-23)24-16-12-9-13-17-24/h8-20,29-30H,21H2,1-7H3. The minimum atomic E-state index is -4.05. The number of hydrogen-bond donors (Lipinski definition) is 2. The minimum Gasteiger partial charge on any atom is -0.403 e. The molecule has 0 bridgehead atoms. The Morgan fingerprint density at radius 2 is 1.26 bits per heavy atom. The van der Waals surface area contributed by atoms with Gasteiger partial charge in [0.05, 0.1) is 18.6 Å². The Morgan fingerprint density at radius 1 is 0.763 bits per heavy atom. The number of rotatable bonds is 9. The highest BCUT2D eigenvalue weighted by Gasteiger charge is 2.50. The molecule has 3 aromatic carbocycles. The second kappa shape index (κ2) is 10.9. The number of sulfonamides is 2. The lowest BCUT2D eigenvalue weighted by Gasteiger charge is -2.43. The first-order valence-electron chi connectivity index (χ1n) is 12.3. The van der Waals surface area contributed by atoms with E-state index in [1.165, 1.54) is 12.1 Å². The summed E-state index contributed by atoms with van der Waals surface area (Å²) in [6.07, 6.45) is 0.987. The molecule has 206 valence electrons. The minimum absolute atomic E-state index is 0.0153. The van der Waals surface area contributed by atoms with E-state index in [0.717, 1.165) is 16.6 Å². The molecule has 0 aliphatic rings. The largest absolute Gasteiger partial charge is 0.403 e. The predicted octanol–water partition coefficient (Wildman–Crippen LogP) is 4.21. The molecule has 0 aliphatic carbocycles. The summed E-state index contributed by atoms with van der Waals surface area (Å²) in [4.78, 5) is -0.151. The fraction of sp³-hybridized carbons (Fsp3) is 0.357. The molecule has 0 saturated carbocycles. The third kappa shape index (κ3) is 7.12. The smallest absolute Gasteiger partial charge is 0.261 e. The van der Waals surface area contributed by atoms with Crippen molar-refractivity contribution in [2.75, 3.05) is 11.0 Å². The molecule has 0 radical (unpaired) electrons. The maximum atomic E-state index is 13.3. The average molecular weight is 575 g/mol. The third-order valence-corrected chi connectivity index (χ3v) is 13.3. The van der Waals surface area contributed by atoms with Crippen LogP contribution in [0.5, 0.6) is 0 Å². The van der Waals surface area contributed by atoms with Crippen molar-refractivity contribution in [1.29, 1.82) is 0 Å². The number of benzene rings is 3. The lowest BCUT2D eigenvalue weighted by Crippen LogP contribution is -2.66. The second-order valence-corrected chi connectivity index (χ2v) is 19.2. The van der Waals surface area contributed by atoms with Crippen molar-refractivity contribution in [2.24, 2.45) is 0 Å². The summed E-state index contributed by atoms with van der Waals surface area (Å²) >= 11 is 0. The first kappa shape index (κ1) is 30.0. The van der Waals surface area contributed by atoms with Crippen LogP contribution in [0.25, 0.3) is 0 Å². The molecule has 7 nitrogen and oxygen atoms in total. The zero-order valence-electron chi connectivity index (χ0n) is 23.1. The summed E-state index contributed by atoms with van der Waals surface area (Å²) in [5.41, 5.74) is -0.160. The van der Waals surface area contributed by atoms with Crippen LogP contribution in [0.2, 0.25) is 5.04 Å². The molecule has 0 aliphatic heterocycles. The van der Waals surface area contributed by atoms with Crippen LogP contribution in [0.1, 0.15) is 47.1 Å². The van der Waals surface area contributed by atoms with Gasteiger partial charge in [-0.25, -0.2) is 21.6 Å². The van der Waals surface area contributed by atoms with E-state index in [1.807, 2.05) is 36.4 Å². The van der Waals surface area contributed by atoms with Gasteiger partial charge in [0.1, 0.15) is 4.90 Å². The molecule has 0 heterocycles. The average Bonchev–Trinajstić information content (AvgIpc) is 2.78. The van der Waals surface area contributed by atoms with Crippen LogP contribution >= 0.6 is 0 Å². The van der Waals surface area contributed by atoms with Crippen molar-refractivity contribution in [3.8, 4) is 0 Å². The van der Waals surface area contributed by atoms with E-state index in [9.17, 15) is 16.8 Å². The molecule has 3 rings (SSSR count). The fourth-order valence-electron chi connectivity index (χ4n) is 4.57. The molecule has 0 unspecified atom stereocenters. The van der Waals surface area contributed by atoms with E-state index in [-0.39, 0.29) is 22.2 Å². The molecule has 38 heavy (non-hydrogen) atoms. The van der Waals surface area contributed by atoms with Crippen molar-refractivity contribution in [3.63, 3.8) is 0 Å². The van der Waals surface area contributed by atoms with Crippen LogP contribution in [0.3, 0.4) is 0 Å².